The number of benzene rings is 2. The SMILES string of the molecule is Nc1ccc2c(CN3CCCC3)cn(Cc3cccc(F)c3)c2c1. The smallest absolute Gasteiger partial charge is 0.123 e. The van der Waals surface area contributed by atoms with Crippen LogP contribution in [0.1, 0.15) is 24.0 Å². The molecule has 2 heterocycles. The van der Waals surface area contributed by atoms with Gasteiger partial charge in [-0.3, -0.25) is 4.90 Å². The first-order valence-corrected chi connectivity index (χ1v) is 8.53. The molecule has 3 aromatic rings. The van der Waals surface area contributed by atoms with Crippen LogP contribution in [0.25, 0.3) is 10.9 Å². The fourth-order valence-corrected chi connectivity index (χ4v) is 3.66. The van der Waals surface area contributed by atoms with Crippen molar-refractivity contribution in [2.24, 2.45) is 0 Å². The Morgan fingerprint density at radius 2 is 1.83 bits per heavy atom. The molecule has 2 N–H and O–H groups in total. The number of fused-ring (bicyclic) bond motifs is 1. The van der Waals surface area contributed by atoms with Crippen LogP contribution in [0.3, 0.4) is 0 Å². The number of hydrogen-bond donors (Lipinski definition) is 1. The van der Waals surface area contributed by atoms with Gasteiger partial charge in [0.1, 0.15) is 5.82 Å². The van der Waals surface area contributed by atoms with Gasteiger partial charge in [0.25, 0.3) is 0 Å². The minimum atomic E-state index is -0.194. The van der Waals surface area contributed by atoms with Gasteiger partial charge in [-0.1, -0.05) is 18.2 Å². The predicted molar refractivity (Wildman–Crippen MR) is 96.4 cm³/mol. The highest BCUT2D eigenvalue weighted by molar-refractivity contribution is 5.86. The van der Waals surface area contributed by atoms with Crippen molar-refractivity contribution in [3.8, 4) is 0 Å². The third kappa shape index (κ3) is 3.02. The summed E-state index contributed by atoms with van der Waals surface area (Å²) in [5.74, 6) is -0.194. The monoisotopic (exact) mass is 323 g/mol. The highest BCUT2D eigenvalue weighted by atomic mass is 19.1. The van der Waals surface area contributed by atoms with E-state index in [0.29, 0.717) is 6.54 Å². The molecule has 4 rings (SSSR count). The van der Waals surface area contributed by atoms with Crippen LogP contribution >= 0.6 is 0 Å². The molecule has 0 atom stereocenters. The first-order valence-electron chi connectivity index (χ1n) is 8.53. The number of nitrogens with two attached hydrogens (primary N) is 1. The second-order valence-corrected chi connectivity index (χ2v) is 6.67. The van der Waals surface area contributed by atoms with Crippen LogP contribution < -0.4 is 5.73 Å². The van der Waals surface area contributed by atoms with E-state index in [-0.39, 0.29) is 5.82 Å². The number of rotatable bonds is 4. The number of nitrogens with zero attached hydrogens (tertiary/aromatic N) is 2. The molecular weight excluding hydrogens is 301 g/mol. The van der Waals surface area contributed by atoms with E-state index in [1.807, 2.05) is 18.2 Å². The number of halogens is 1. The van der Waals surface area contributed by atoms with E-state index >= 15 is 0 Å². The number of aromatic nitrogens is 1. The van der Waals surface area contributed by atoms with E-state index in [0.717, 1.165) is 23.3 Å². The van der Waals surface area contributed by atoms with Crippen molar-refractivity contribution in [3.63, 3.8) is 0 Å². The molecule has 0 spiro atoms. The molecule has 1 aliphatic rings. The van der Waals surface area contributed by atoms with E-state index in [2.05, 4.69) is 21.7 Å². The molecule has 0 bridgehead atoms. The van der Waals surface area contributed by atoms with Gasteiger partial charge in [-0.2, -0.15) is 0 Å². The van der Waals surface area contributed by atoms with Crippen molar-refractivity contribution in [1.29, 1.82) is 0 Å². The maximum Gasteiger partial charge on any atom is 0.123 e. The molecule has 1 aromatic heterocycles. The van der Waals surface area contributed by atoms with Gasteiger partial charge < -0.3 is 10.3 Å². The Balaban J connectivity index is 1.72. The maximum atomic E-state index is 13.5. The summed E-state index contributed by atoms with van der Waals surface area (Å²) in [7, 11) is 0. The second kappa shape index (κ2) is 6.29. The van der Waals surface area contributed by atoms with Crippen LogP contribution in [-0.2, 0) is 13.1 Å². The third-order valence-corrected chi connectivity index (χ3v) is 4.82. The first-order chi connectivity index (χ1) is 11.7. The largest absolute Gasteiger partial charge is 0.399 e. The summed E-state index contributed by atoms with van der Waals surface area (Å²) in [6.07, 6.45) is 4.77. The lowest BCUT2D eigenvalue weighted by atomic mass is 10.1. The lowest BCUT2D eigenvalue weighted by Gasteiger charge is -2.13. The highest BCUT2D eigenvalue weighted by Gasteiger charge is 2.16. The summed E-state index contributed by atoms with van der Waals surface area (Å²) in [6, 6.07) is 12.9. The molecule has 0 aliphatic carbocycles. The van der Waals surface area contributed by atoms with Crippen molar-refractivity contribution in [1.82, 2.24) is 9.47 Å². The molecule has 0 unspecified atom stereocenters. The average molecular weight is 323 g/mol. The number of hydrogen-bond acceptors (Lipinski definition) is 2. The first kappa shape index (κ1) is 15.2. The molecule has 0 saturated carbocycles. The second-order valence-electron chi connectivity index (χ2n) is 6.67. The Morgan fingerprint density at radius 1 is 1.00 bits per heavy atom. The Kier molecular flexibility index (Phi) is 3.98. The van der Waals surface area contributed by atoms with Gasteiger partial charge in [0, 0.05) is 30.4 Å². The fraction of sp³-hybridized carbons (Fsp3) is 0.300. The summed E-state index contributed by atoms with van der Waals surface area (Å²) in [6.45, 7) is 3.96. The van der Waals surface area contributed by atoms with Crippen molar-refractivity contribution in [2.45, 2.75) is 25.9 Å². The summed E-state index contributed by atoms with van der Waals surface area (Å²) in [5.41, 5.74) is 10.2. The van der Waals surface area contributed by atoms with Gasteiger partial charge in [0.05, 0.1) is 5.52 Å². The minimum Gasteiger partial charge on any atom is -0.399 e. The molecule has 1 saturated heterocycles. The van der Waals surface area contributed by atoms with Gasteiger partial charge in [-0.25, -0.2) is 4.39 Å². The predicted octanol–water partition coefficient (Wildman–Crippen LogP) is 4.01. The van der Waals surface area contributed by atoms with Crippen LogP contribution in [0.4, 0.5) is 10.1 Å². The Labute approximate surface area is 141 Å². The molecule has 1 aliphatic heterocycles. The van der Waals surface area contributed by atoms with Gasteiger partial charge in [0.2, 0.25) is 0 Å². The molecule has 3 nitrogen and oxygen atoms in total. The molecule has 0 radical (unpaired) electrons. The quantitative estimate of drug-likeness (QED) is 0.736. The lowest BCUT2D eigenvalue weighted by Crippen LogP contribution is -2.18. The van der Waals surface area contributed by atoms with Crippen molar-refractivity contribution >= 4 is 16.6 Å². The molecule has 124 valence electrons. The van der Waals surface area contributed by atoms with Crippen molar-refractivity contribution in [2.75, 3.05) is 18.8 Å². The van der Waals surface area contributed by atoms with E-state index < -0.39 is 0 Å². The lowest BCUT2D eigenvalue weighted by molar-refractivity contribution is 0.332. The van der Waals surface area contributed by atoms with E-state index in [1.54, 1.807) is 12.1 Å². The van der Waals surface area contributed by atoms with Gasteiger partial charge >= 0.3 is 0 Å². The van der Waals surface area contributed by atoms with E-state index in [9.17, 15) is 4.39 Å². The Bertz CT molecular complexity index is 862. The molecule has 4 heteroatoms. The Morgan fingerprint density at radius 3 is 2.62 bits per heavy atom. The molecule has 1 fully saturated rings. The molecule has 2 aromatic carbocycles. The zero-order valence-electron chi connectivity index (χ0n) is 13.7. The van der Waals surface area contributed by atoms with Crippen molar-refractivity contribution in [3.05, 3.63) is 65.6 Å². The average Bonchev–Trinajstić information content (AvgIpc) is 3.17. The Hall–Kier alpha value is -2.33. The van der Waals surface area contributed by atoms with Gasteiger partial charge in [-0.15, -0.1) is 0 Å². The number of likely N-dealkylation sites (tertiary alicyclic amines) is 1. The molecule has 0 amide bonds. The molecular formula is C20H22FN3. The molecule has 24 heavy (non-hydrogen) atoms. The summed E-state index contributed by atoms with van der Waals surface area (Å²) in [5, 5.41) is 1.24. The minimum absolute atomic E-state index is 0.194. The van der Waals surface area contributed by atoms with Crippen LogP contribution in [0.5, 0.6) is 0 Å². The third-order valence-electron chi connectivity index (χ3n) is 4.82. The van der Waals surface area contributed by atoms with Crippen LogP contribution in [0.2, 0.25) is 0 Å². The zero-order valence-corrected chi connectivity index (χ0v) is 13.7. The van der Waals surface area contributed by atoms with Crippen LogP contribution in [0.15, 0.2) is 48.7 Å². The maximum absolute atomic E-state index is 13.5. The van der Waals surface area contributed by atoms with Gasteiger partial charge in [0.15, 0.2) is 0 Å². The normalized spacial score (nSPS) is 15.4. The van der Waals surface area contributed by atoms with Crippen molar-refractivity contribution < 1.29 is 4.39 Å². The van der Waals surface area contributed by atoms with Crippen LogP contribution in [0, 0.1) is 5.82 Å². The van der Waals surface area contributed by atoms with Gasteiger partial charge in [-0.05, 0) is 61.3 Å². The van der Waals surface area contributed by atoms with Crippen LogP contribution in [-0.4, -0.2) is 22.6 Å². The summed E-state index contributed by atoms with van der Waals surface area (Å²) < 4.78 is 15.7. The fourth-order valence-electron chi connectivity index (χ4n) is 3.66. The summed E-state index contributed by atoms with van der Waals surface area (Å²) >= 11 is 0. The topological polar surface area (TPSA) is 34.2 Å². The summed E-state index contributed by atoms with van der Waals surface area (Å²) in [4.78, 5) is 2.50. The zero-order chi connectivity index (χ0) is 16.5. The highest BCUT2D eigenvalue weighted by Crippen LogP contribution is 2.27. The van der Waals surface area contributed by atoms with E-state index in [1.165, 1.54) is 42.9 Å². The standard InChI is InChI=1S/C20H22FN3/c21-17-5-3-4-15(10-17)12-24-14-16(13-23-8-1-2-9-23)19-7-6-18(22)11-20(19)24/h3-7,10-11,14H,1-2,8-9,12-13,22H2. The number of nitrogen functional groups attached to an aromatic ring is 1. The number of anilines is 1. The van der Waals surface area contributed by atoms with E-state index in [4.69, 9.17) is 5.73 Å².